The summed E-state index contributed by atoms with van der Waals surface area (Å²) in [5, 5.41) is 9.34. The van der Waals surface area contributed by atoms with E-state index in [0.29, 0.717) is 22.6 Å². The molecule has 0 bridgehead atoms. The van der Waals surface area contributed by atoms with E-state index in [4.69, 9.17) is 14.6 Å². The number of rotatable bonds is 5. The van der Waals surface area contributed by atoms with Gasteiger partial charge in [-0.25, -0.2) is 4.79 Å². The molecule has 3 rings (SSSR count). The maximum atomic E-state index is 13.0. The zero-order chi connectivity index (χ0) is 17.8. The number of aliphatic carboxylic acids is 1. The van der Waals surface area contributed by atoms with E-state index in [1.165, 1.54) is 26.4 Å². The summed E-state index contributed by atoms with van der Waals surface area (Å²) >= 11 is 1.98. The maximum Gasteiger partial charge on any atom is 0.341 e. The minimum Gasteiger partial charge on any atom is -0.493 e. The fraction of sp³-hybridized carbons (Fsp3) is 0.556. The summed E-state index contributed by atoms with van der Waals surface area (Å²) < 4.78 is 10.5. The Labute approximate surface area is 151 Å². The van der Waals surface area contributed by atoms with E-state index in [1.807, 2.05) is 16.7 Å². The van der Waals surface area contributed by atoms with Gasteiger partial charge in [0.05, 0.1) is 7.11 Å². The Morgan fingerprint density at radius 2 is 2.08 bits per heavy atom. The number of amides is 1. The molecule has 1 aliphatic carbocycles. The van der Waals surface area contributed by atoms with Crippen molar-refractivity contribution >= 4 is 23.6 Å². The normalized spacial score (nSPS) is 22.8. The summed E-state index contributed by atoms with van der Waals surface area (Å²) in [5.41, 5.74) is 0.511. The highest BCUT2D eigenvalue weighted by molar-refractivity contribution is 8.00. The van der Waals surface area contributed by atoms with Gasteiger partial charge in [0.2, 0.25) is 0 Å². The average molecular weight is 365 g/mol. The monoisotopic (exact) mass is 365 g/mol. The molecule has 1 saturated carbocycles. The number of carboxylic acid groups (broad SMARTS) is 1. The van der Waals surface area contributed by atoms with Gasteiger partial charge in [0, 0.05) is 29.2 Å². The minimum absolute atomic E-state index is 0.0139. The third-order valence-corrected chi connectivity index (χ3v) is 6.15. The molecule has 1 aromatic carbocycles. The largest absolute Gasteiger partial charge is 0.493 e. The molecule has 7 heteroatoms. The zero-order valence-electron chi connectivity index (χ0n) is 14.3. The number of methoxy groups -OCH3 is 1. The van der Waals surface area contributed by atoms with E-state index in [9.17, 15) is 9.59 Å². The predicted octanol–water partition coefficient (Wildman–Crippen LogP) is 2.66. The molecular formula is C18H23NO5S. The van der Waals surface area contributed by atoms with Gasteiger partial charge in [0.25, 0.3) is 5.91 Å². The van der Waals surface area contributed by atoms with E-state index in [2.05, 4.69) is 0 Å². The number of carboxylic acids is 1. The van der Waals surface area contributed by atoms with Crippen molar-refractivity contribution in [2.24, 2.45) is 0 Å². The molecule has 0 aromatic heterocycles. The van der Waals surface area contributed by atoms with Gasteiger partial charge in [-0.3, -0.25) is 4.79 Å². The topological polar surface area (TPSA) is 76.1 Å². The van der Waals surface area contributed by atoms with Crippen molar-refractivity contribution < 1.29 is 24.2 Å². The highest BCUT2D eigenvalue weighted by Gasteiger charge is 2.36. The van der Waals surface area contributed by atoms with E-state index >= 15 is 0 Å². The summed E-state index contributed by atoms with van der Waals surface area (Å²) in [6, 6.07) is 5.25. The Hall–Kier alpha value is -1.89. The number of nitrogens with zero attached hydrogens (tertiary/aromatic N) is 1. The molecule has 2 unspecified atom stereocenters. The lowest BCUT2D eigenvalue weighted by Gasteiger charge is -2.43. The molecular weight excluding hydrogens is 342 g/mol. The van der Waals surface area contributed by atoms with Gasteiger partial charge >= 0.3 is 5.97 Å². The average Bonchev–Trinajstić information content (AvgIpc) is 2.65. The van der Waals surface area contributed by atoms with Crippen molar-refractivity contribution in [2.45, 2.75) is 37.0 Å². The molecule has 1 saturated heterocycles. The third-order valence-electron chi connectivity index (χ3n) is 4.75. The van der Waals surface area contributed by atoms with Crippen molar-refractivity contribution in [3.63, 3.8) is 0 Å². The van der Waals surface area contributed by atoms with Gasteiger partial charge in [-0.15, -0.1) is 0 Å². The SMILES string of the molecule is COc1ccc(C(=O)N2CCSC3CCCCC32)cc1OCC(=O)O. The molecule has 1 N–H and O–H groups in total. The van der Waals surface area contributed by atoms with Crippen molar-refractivity contribution in [2.75, 3.05) is 26.0 Å². The second-order valence-corrected chi connectivity index (χ2v) is 7.65. The van der Waals surface area contributed by atoms with Crippen LogP contribution in [0.15, 0.2) is 18.2 Å². The van der Waals surface area contributed by atoms with Crippen molar-refractivity contribution in [1.29, 1.82) is 0 Å². The minimum atomic E-state index is -1.07. The number of fused-ring (bicyclic) bond motifs is 1. The standard InChI is InChI=1S/C18H23NO5S/c1-23-14-7-6-12(10-15(14)24-11-17(20)21)18(22)19-8-9-25-16-5-3-2-4-13(16)19/h6-7,10,13,16H,2-5,8-9,11H2,1H3,(H,20,21). The second-order valence-electron chi connectivity index (χ2n) is 6.31. The smallest absolute Gasteiger partial charge is 0.341 e. The molecule has 25 heavy (non-hydrogen) atoms. The number of benzene rings is 1. The summed E-state index contributed by atoms with van der Waals surface area (Å²) in [7, 11) is 1.49. The summed E-state index contributed by atoms with van der Waals surface area (Å²) in [5.74, 6) is 0.576. The van der Waals surface area contributed by atoms with Crippen LogP contribution in [0.25, 0.3) is 0 Å². The van der Waals surface area contributed by atoms with Crippen LogP contribution < -0.4 is 9.47 Å². The molecule has 1 aromatic rings. The molecule has 1 aliphatic heterocycles. The fourth-order valence-electron chi connectivity index (χ4n) is 3.58. The van der Waals surface area contributed by atoms with Gasteiger partial charge in [-0.2, -0.15) is 11.8 Å². The summed E-state index contributed by atoms with van der Waals surface area (Å²) in [4.78, 5) is 25.8. The Morgan fingerprint density at radius 1 is 1.28 bits per heavy atom. The first-order valence-corrected chi connectivity index (χ1v) is 9.60. The Balaban J connectivity index is 1.81. The Kier molecular flexibility index (Phi) is 5.73. The molecule has 2 atom stereocenters. The van der Waals surface area contributed by atoms with Crippen molar-refractivity contribution in [3.8, 4) is 11.5 Å². The van der Waals surface area contributed by atoms with Crippen LogP contribution in [0.3, 0.4) is 0 Å². The predicted molar refractivity (Wildman–Crippen MR) is 95.7 cm³/mol. The number of ether oxygens (including phenoxy) is 2. The lowest BCUT2D eigenvalue weighted by molar-refractivity contribution is -0.139. The molecule has 1 amide bonds. The Morgan fingerprint density at radius 3 is 2.84 bits per heavy atom. The quantitative estimate of drug-likeness (QED) is 0.865. The highest BCUT2D eigenvalue weighted by Crippen LogP contribution is 2.37. The molecule has 0 radical (unpaired) electrons. The first-order chi connectivity index (χ1) is 12.1. The lowest BCUT2D eigenvalue weighted by Crippen LogP contribution is -2.51. The van der Waals surface area contributed by atoms with Crippen LogP contribution in [0.2, 0.25) is 0 Å². The van der Waals surface area contributed by atoms with E-state index in [0.717, 1.165) is 18.7 Å². The molecule has 2 aliphatic rings. The first kappa shape index (κ1) is 17.9. The van der Waals surface area contributed by atoms with Crippen molar-refractivity contribution in [1.82, 2.24) is 4.90 Å². The van der Waals surface area contributed by atoms with Gasteiger partial charge in [-0.05, 0) is 31.0 Å². The third kappa shape index (κ3) is 4.03. The Bertz CT molecular complexity index is 648. The van der Waals surface area contributed by atoms with Gasteiger partial charge < -0.3 is 19.5 Å². The summed E-state index contributed by atoms with van der Waals surface area (Å²) in [6.07, 6.45) is 4.64. The number of carbonyl (C=O) groups is 2. The number of hydrogen-bond donors (Lipinski definition) is 1. The van der Waals surface area contributed by atoms with Gasteiger partial charge in [0.15, 0.2) is 18.1 Å². The number of thioether (sulfide) groups is 1. The number of carbonyl (C=O) groups excluding carboxylic acids is 1. The second kappa shape index (κ2) is 7.99. The van der Waals surface area contributed by atoms with Crippen LogP contribution >= 0.6 is 11.8 Å². The molecule has 6 nitrogen and oxygen atoms in total. The van der Waals surface area contributed by atoms with Crippen LogP contribution in [-0.2, 0) is 4.79 Å². The molecule has 0 spiro atoms. The lowest BCUT2D eigenvalue weighted by atomic mass is 9.92. The first-order valence-electron chi connectivity index (χ1n) is 8.55. The van der Waals surface area contributed by atoms with Crippen LogP contribution in [-0.4, -0.2) is 59.2 Å². The van der Waals surface area contributed by atoms with Crippen LogP contribution in [0.1, 0.15) is 36.0 Å². The van der Waals surface area contributed by atoms with E-state index in [-0.39, 0.29) is 11.7 Å². The fourth-order valence-corrected chi connectivity index (χ4v) is 5.02. The van der Waals surface area contributed by atoms with Crippen LogP contribution in [0.4, 0.5) is 0 Å². The molecule has 2 fully saturated rings. The van der Waals surface area contributed by atoms with Gasteiger partial charge in [0.1, 0.15) is 0 Å². The van der Waals surface area contributed by atoms with Crippen LogP contribution in [0, 0.1) is 0 Å². The molecule has 136 valence electrons. The van der Waals surface area contributed by atoms with E-state index in [1.54, 1.807) is 18.2 Å². The van der Waals surface area contributed by atoms with E-state index < -0.39 is 12.6 Å². The van der Waals surface area contributed by atoms with Gasteiger partial charge in [-0.1, -0.05) is 12.8 Å². The summed E-state index contributed by atoms with van der Waals surface area (Å²) in [6.45, 7) is 0.279. The molecule has 1 heterocycles. The van der Waals surface area contributed by atoms with Crippen molar-refractivity contribution in [3.05, 3.63) is 23.8 Å². The zero-order valence-corrected chi connectivity index (χ0v) is 15.1. The maximum absolute atomic E-state index is 13.0. The highest BCUT2D eigenvalue weighted by atomic mass is 32.2. The number of hydrogen-bond acceptors (Lipinski definition) is 5. The van der Waals surface area contributed by atoms with Crippen LogP contribution in [0.5, 0.6) is 11.5 Å².